The van der Waals surface area contributed by atoms with Crippen molar-refractivity contribution in [3.8, 4) is 0 Å². The van der Waals surface area contributed by atoms with Gasteiger partial charge in [0, 0.05) is 24.0 Å². The minimum Gasteiger partial charge on any atom is -0.389 e. The first-order chi connectivity index (χ1) is 8.74. The van der Waals surface area contributed by atoms with Crippen molar-refractivity contribution in [2.45, 2.75) is 6.92 Å². The van der Waals surface area contributed by atoms with Crippen molar-refractivity contribution in [1.82, 2.24) is 4.98 Å². The van der Waals surface area contributed by atoms with Gasteiger partial charge in [-0.05, 0) is 25.1 Å². The summed E-state index contributed by atoms with van der Waals surface area (Å²) >= 11 is 5.09. The summed E-state index contributed by atoms with van der Waals surface area (Å²) in [5.74, 6) is 0. The first-order valence-electron chi connectivity index (χ1n) is 5.80. The van der Waals surface area contributed by atoms with E-state index in [0.717, 1.165) is 23.5 Å². The summed E-state index contributed by atoms with van der Waals surface area (Å²) in [4.78, 5) is 6.70. The number of nitrogens with two attached hydrogens (primary N) is 1. The Hall–Kier alpha value is -1.94. The number of rotatable bonds is 4. The topological polar surface area (TPSA) is 42.2 Å². The molecule has 4 heteroatoms. The highest BCUT2D eigenvalue weighted by Crippen LogP contribution is 2.27. The average Bonchev–Trinajstić information content (AvgIpc) is 2.41. The van der Waals surface area contributed by atoms with Crippen molar-refractivity contribution in [2.75, 3.05) is 11.4 Å². The molecule has 0 aliphatic heterocycles. The molecule has 18 heavy (non-hydrogen) atoms. The Bertz CT molecular complexity index is 540. The number of pyridine rings is 1. The Kier molecular flexibility index (Phi) is 3.89. The molecule has 0 amide bonds. The quantitative estimate of drug-likeness (QED) is 0.855. The van der Waals surface area contributed by atoms with Gasteiger partial charge in [0.25, 0.3) is 0 Å². The van der Waals surface area contributed by atoms with Gasteiger partial charge in [-0.15, -0.1) is 0 Å². The molecule has 92 valence electrons. The summed E-state index contributed by atoms with van der Waals surface area (Å²) in [6.45, 7) is 2.91. The van der Waals surface area contributed by atoms with E-state index in [1.54, 1.807) is 12.4 Å². The maximum Gasteiger partial charge on any atom is 0.106 e. The van der Waals surface area contributed by atoms with Crippen LogP contribution in [0.25, 0.3) is 0 Å². The predicted octanol–water partition coefficient (Wildman–Crippen LogP) is 2.87. The zero-order valence-corrected chi connectivity index (χ0v) is 11.0. The fraction of sp³-hybridized carbons (Fsp3) is 0.143. The van der Waals surface area contributed by atoms with Crippen LogP contribution in [-0.2, 0) is 0 Å². The number of aromatic nitrogens is 1. The predicted molar refractivity (Wildman–Crippen MR) is 79.2 cm³/mol. The average molecular weight is 257 g/mol. The SMILES string of the molecule is CCN(c1ccccc1)c1cnccc1C(N)=S. The van der Waals surface area contributed by atoms with E-state index in [1.165, 1.54) is 0 Å². The molecule has 0 radical (unpaired) electrons. The third-order valence-electron chi connectivity index (χ3n) is 2.74. The number of benzene rings is 1. The van der Waals surface area contributed by atoms with Crippen LogP contribution in [0.5, 0.6) is 0 Å². The number of nitrogens with zero attached hydrogens (tertiary/aromatic N) is 2. The molecule has 0 saturated carbocycles. The first kappa shape index (κ1) is 12.5. The molecule has 1 heterocycles. The second-order valence-corrected chi connectivity index (χ2v) is 4.28. The third-order valence-corrected chi connectivity index (χ3v) is 2.96. The van der Waals surface area contributed by atoms with E-state index < -0.39 is 0 Å². The molecular formula is C14H15N3S. The molecule has 0 spiro atoms. The molecule has 2 N–H and O–H groups in total. The summed E-state index contributed by atoms with van der Waals surface area (Å²) < 4.78 is 0. The van der Waals surface area contributed by atoms with Gasteiger partial charge in [0.05, 0.1) is 11.9 Å². The lowest BCUT2D eigenvalue weighted by molar-refractivity contribution is 1.01. The van der Waals surface area contributed by atoms with Gasteiger partial charge in [-0.2, -0.15) is 0 Å². The lowest BCUT2D eigenvalue weighted by Gasteiger charge is -2.25. The van der Waals surface area contributed by atoms with E-state index in [-0.39, 0.29) is 0 Å². The second-order valence-electron chi connectivity index (χ2n) is 3.84. The van der Waals surface area contributed by atoms with E-state index in [2.05, 4.69) is 28.9 Å². The Morgan fingerprint density at radius 3 is 2.61 bits per heavy atom. The van der Waals surface area contributed by atoms with E-state index in [9.17, 15) is 0 Å². The van der Waals surface area contributed by atoms with Gasteiger partial charge in [-0.1, -0.05) is 30.4 Å². The van der Waals surface area contributed by atoms with Crippen LogP contribution in [0.15, 0.2) is 48.8 Å². The van der Waals surface area contributed by atoms with Gasteiger partial charge in [0.15, 0.2) is 0 Å². The van der Waals surface area contributed by atoms with Crippen molar-refractivity contribution in [3.63, 3.8) is 0 Å². The van der Waals surface area contributed by atoms with Crippen LogP contribution in [0.3, 0.4) is 0 Å². The van der Waals surface area contributed by atoms with Crippen molar-refractivity contribution in [2.24, 2.45) is 5.73 Å². The van der Waals surface area contributed by atoms with Crippen molar-refractivity contribution in [3.05, 3.63) is 54.4 Å². The maximum atomic E-state index is 5.76. The highest BCUT2D eigenvalue weighted by atomic mass is 32.1. The Labute approximate surface area is 112 Å². The largest absolute Gasteiger partial charge is 0.389 e. The molecule has 1 aromatic heterocycles. The van der Waals surface area contributed by atoms with E-state index >= 15 is 0 Å². The number of thiocarbonyl (C=S) groups is 1. The molecule has 3 nitrogen and oxygen atoms in total. The zero-order valence-electron chi connectivity index (χ0n) is 10.2. The molecule has 2 aromatic rings. The maximum absolute atomic E-state index is 5.76. The lowest BCUT2D eigenvalue weighted by atomic mass is 10.2. The van der Waals surface area contributed by atoms with Crippen LogP contribution in [0.4, 0.5) is 11.4 Å². The molecule has 0 atom stereocenters. The third kappa shape index (κ3) is 2.49. The van der Waals surface area contributed by atoms with Gasteiger partial charge in [0.2, 0.25) is 0 Å². The summed E-state index contributed by atoms with van der Waals surface area (Å²) in [5.41, 5.74) is 8.66. The van der Waals surface area contributed by atoms with Crippen LogP contribution in [-0.4, -0.2) is 16.5 Å². The molecule has 1 aromatic carbocycles. The van der Waals surface area contributed by atoms with E-state index in [0.29, 0.717) is 4.99 Å². The fourth-order valence-corrected chi connectivity index (χ4v) is 2.08. The molecule has 2 rings (SSSR count). The van der Waals surface area contributed by atoms with E-state index in [4.69, 9.17) is 18.0 Å². The first-order valence-corrected chi connectivity index (χ1v) is 6.21. The summed E-state index contributed by atoms with van der Waals surface area (Å²) in [5, 5.41) is 0. The van der Waals surface area contributed by atoms with Crippen molar-refractivity contribution in [1.29, 1.82) is 0 Å². The van der Waals surface area contributed by atoms with Crippen LogP contribution < -0.4 is 10.6 Å². The summed E-state index contributed by atoms with van der Waals surface area (Å²) in [7, 11) is 0. The molecule has 0 aliphatic carbocycles. The smallest absolute Gasteiger partial charge is 0.106 e. The second kappa shape index (κ2) is 5.60. The van der Waals surface area contributed by atoms with Gasteiger partial charge in [-0.25, -0.2) is 0 Å². The minimum absolute atomic E-state index is 0.391. The monoisotopic (exact) mass is 257 g/mol. The van der Waals surface area contributed by atoms with Crippen LogP contribution in [0, 0.1) is 0 Å². The standard InChI is InChI=1S/C14H15N3S/c1-2-17(11-6-4-3-5-7-11)13-10-16-9-8-12(13)14(15)18/h3-10H,2H2,1H3,(H2,15,18). The molecule has 0 saturated heterocycles. The van der Waals surface area contributed by atoms with Gasteiger partial charge < -0.3 is 10.6 Å². The normalized spacial score (nSPS) is 10.1. The summed E-state index contributed by atoms with van der Waals surface area (Å²) in [6.07, 6.45) is 3.50. The number of hydrogen-bond donors (Lipinski definition) is 1. The lowest BCUT2D eigenvalue weighted by Crippen LogP contribution is -2.21. The molecular weight excluding hydrogens is 242 g/mol. The van der Waals surface area contributed by atoms with Crippen LogP contribution in [0.2, 0.25) is 0 Å². The Morgan fingerprint density at radius 1 is 1.28 bits per heavy atom. The Balaban J connectivity index is 2.49. The fourth-order valence-electron chi connectivity index (χ4n) is 1.91. The minimum atomic E-state index is 0.391. The molecule has 0 bridgehead atoms. The van der Waals surface area contributed by atoms with E-state index in [1.807, 2.05) is 24.3 Å². The van der Waals surface area contributed by atoms with Crippen molar-refractivity contribution < 1.29 is 0 Å². The molecule has 0 fully saturated rings. The zero-order chi connectivity index (χ0) is 13.0. The van der Waals surface area contributed by atoms with Gasteiger partial charge in [0.1, 0.15) is 4.99 Å². The van der Waals surface area contributed by atoms with Crippen molar-refractivity contribution >= 4 is 28.6 Å². The van der Waals surface area contributed by atoms with Gasteiger partial charge in [-0.3, -0.25) is 4.98 Å². The number of anilines is 2. The summed E-state index contributed by atoms with van der Waals surface area (Å²) in [6, 6.07) is 12.0. The number of hydrogen-bond acceptors (Lipinski definition) is 3. The van der Waals surface area contributed by atoms with Crippen LogP contribution in [0.1, 0.15) is 12.5 Å². The van der Waals surface area contributed by atoms with Gasteiger partial charge >= 0.3 is 0 Å². The molecule has 0 aliphatic rings. The van der Waals surface area contributed by atoms with Crippen LogP contribution >= 0.6 is 12.2 Å². The highest BCUT2D eigenvalue weighted by molar-refractivity contribution is 7.80. The molecule has 0 unspecified atom stereocenters. The Morgan fingerprint density at radius 2 is 2.00 bits per heavy atom. The highest BCUT2D eigenvalue weighted by Gasteiger charge is 2.12. The number of para-hydroxylation sites is 1.